The van der Waals surface area contributed by atoms with Crippen molar-refractivity contribution < 1.29 is 13.6 Å². The Morgan fingerprint density at radius 3 is 2.29 bits per heavy atom. The molecule has 0 spiro atoms. The van der Waals surface area contributed by atoms with E-state index in [0.717, 1.165) is 12.0 Å². The summed E-state index contributed by atoms with van der Waals surface area (Å²) in [6, 6.07) is 22.5. The lowest BCUT2D eigenvalue weighted by atomic mass is 9.88. The predicted octanol–water partition coefficient (Wildman–Crippen LogP) is 5.07. The molecule has 4 aromatic rings. The molecule has 0 aliphatic rings. The molecular formula is C24H23N3O3S. The largest absolute Gasteiger partial charge is 0.469 e. The normalized spacial score (nSPS) is 11.0. The van der Waals surface area contributed by atoms with E-state index in [1.54, 1.807) is 12.3 Å². The number of carbonyl (C=O) groups is 1. The lowest BCUT2D eigenvalue weighted by Gasteiger charge is -2.18. The topological polar surface area (TPSA) is 81.2 Å². The Balaban J connectivity index is 1.29. The van der Waals surface area contributed by atoms with E-state index in [9.17, 15) is 4.79 Å². The number of benzene rings is 2. The zero-order valence-electron chi connectivity index (χ0n) is 17.2. The number of rotatable bonds is 9. The van der Waals surface area contributed by atoms with Gasteiger partial charge in [0.25, 0.3) is 11.1 Å². The van der Waals surface area contributed by atoms with Crippen molar-refractivity contribution in [3.8, 4) is 11.5 Å². The van der Waals surface area contributed by atoms with Crippen LogP contribution >= 0.6 is 11.8 Å². The molecule has 2 aromatic carbocycles. The molecule has 4 rings (SSSR count). The minimum absolute atomic E-state index is 0.0656. The smallest absolute Gasteiger partial charge is 0.277 e. The highest BCUT2D eigenvalue weighted by atomic mass is 32.2. The maximum Gasteiger partial charge on any atom is 0.277 e. The highest BCUT2D eigenvalue weighted by molar-refractivity contribution is 7.99. The number of carbonyl (C=O) groups excluding carboxylic acids is 1. The van der Waals surface area contributed by atoms with E-state index >= 15 is 0 Å². The van der Waals surface area contributed by atoms with Crippen LogP contribution in [-0.2, 0) is 4.79 Å². The molecule has 2 heterocycles. The van der Waals surface area contributed by atoms with Crippen molar-refractivity contribution in [1.29, 1.82) is 0 Å². The molecular weight excluding hydrogens is 410 g/mol. The Morgan fingerprint density at radius 1 is 1.00 bits per heavy atom. The molecule has 0 aliphatic carbocycles. The Labute approximate surface area is 185 Å². The molecule has 1 amide bonds. The fourth-order valence-electron chi connectivity index (χ4n) is 3.41. The quantitative estimate of drug-likeness (QED) is 0.371. The van der Waals surface area contributed by atoms with Gasteiger partial charge in [0.1, 0.15) is 5.76 Å². The second-order valence-electron chi connectivity index (χ2n) is 7.06. The maximum absolute atomic E-state index is 12.3. The predicted molar refractivity (Wildman–Crippen MR) is 120 cm³/mol. The molecule has 7 heteroatoms. The fourth-order valence-corrected chi connectivity index (χ4v) is 4.01. The van der Waals surface area contributed by atoms with Crippen molar-refractivity contribution in [2.24, 2.45) is 0 Å². The van der Waals surface area contributed by atoms with E-state index in [1.807, 2.05) is 43.3 Å². The van der Waals surface area contributed by atoms with Crippen LogP contribution in [0.3, 0.4) is 0 Å². The van der Waals surface area contributed by atoms with Gasteiger partial charge in [-0.1, -0.05) is 72.4 Å². The summed E-state index contributed by atoms with van der Waals surface area (Å²) in [4.78, 5) is 12.3. The van der Waals surface area contributed by atoms with E-state index in [0.29, 0.717) is 23.4 Å². The number of amides is 1. The van der Waals surface area contributed by atoms with E-state index in [-0.39, 0.29) is 17.6 Å². The number of thioether (sulfide) groups is 1. The standard InChI is InChI=1S/C24H23N3O3S/c1-17-20(13-15-29-17)23-26-27-24(30-23)31-16-22(28)25-14-12-21(18-8-4-2-5-9-18)19-10-6-3-7-11-19/h2-11,13,15,21H,12,14,16H2,1H3,(H,25,28). The number of nitrogens with one attached hydrogen (secondary N) is 1. The van der Waals surface area contributed by atoms with E-state index in [4.69, 9.17) is 8.83 Å². The fraction of sp³-hybridized carbons (Fsp3) is 0.208. The first-order chi connectivity index (χ1) is 15.2. The summed E-state index contributed by atoms with van der Waals surface area (Å²) in [5.74, 6) is 1.48. The second kappa shape index (κ2) is 10.1. The molecule has 0 radical (unpaired) electrons. The highest BCUT2D eigenvalue weighted by Gasteiger charge is 2.16. The first-order valence-corrected chi connectivity index (χ1v) is 11.1. The van der Waals surface area contributed by atoms with Gasteiger partial charge in [-0.15, -0.1) is 10.2 Å². The van der Waals surface area contributed by atoms with Crippen molar-refractivity contribution >= 4 is 17.7 Å². The van der Waals surface area contributed by atoms with Crippen LogP contribution in [-0.4, -0.2) is 28.4 Å². The molecule has 1 N–H and O–H groups in total. The van der Waals surface area contributed by atoms with Crippen molar-refractivity contribution in [1.82, 2.24) is 15.5 Å². The Kier molecular flexibility index (Phi) is 6.84. The van der Waals surface area contributed by atoms with Gasteiger partial charge in [0.05, 0.1) is 17.6 Å². The molecule has 0 aliphatic heterocycles. The Morgan fingerprint density at radius 2 is 1.68 bits per heavy atom. The lowest BCUT2D eigenvalue weighted by molar-refractivity contribution is -0.118. The van der Waals surface area contributed by atoms with Gasteiger partial charge in [-0.3, -0.25) is 4.79 Å². The molecule has 0 saturated heterocycles. The minimum atomic E-state index is -0.0656. The monoisotopic (exact) mass is 433 g/mol. The molecule has 2 aromatic heterocycles. The average Bonchev–Trinajstić information content (AvgIpc) is 3.45. The summed E-state index contributed by atoms with van der Waals surface area (Å²) >= 11 is 1.22. The number of furan rings is 1. The van der Waals surface area contributed by atoms with E-state index < -0.39 is 0 Å². The van der Waals surface area contributed by atoms with Crippen LogP contribution < -0.4 is 5.32 Å². The summed E-state index contributed by atoms with van der Waals surface area (Å²) in [7, 11) is 0. The van der Waals surface area contributed by atoms with Gasteiger partial charge >= 0.3 is 0 Å². The Hall–Kier alpha value is -3.32. The number of hydrogen-bond acceptors (Lipinski definition) is 6. The lowest BCUT2D eigenvalue weighted by Crippen LogP contribution is -2.27. The first kappa shape index (κ1) is 20.9. The number of aryl methyl sites for hydroxylation is 1. The second-order valence-corrected chi connectivity index (χ2v) is 7.99. The van der Waals surface area contributed by atoms with Crippen LogP contribution in [0.25, 0.3) is 11.5 Å². The van der Waals surface area contributed by atoms with Crippen LogP contribution in [0.15, 0.2) is 87.1 Å². The third kappa shape index (κ3) is 5.44. The molecule has 6 nitrogen and oxygen atoms in total. The third-order valence-electron chi connectivity index (χ3n) is 4.98. The number of hydrogen-bond donors (Lipinski definition) is 1. The third-order valence-corrected chi connectivity index (χ3v) is 5.80. The average molecular weight is 434 g/mol. The summed E-state index contributed by atoms with van der Waals surface area (Å²) < 4.78 is 10.9. The first-order valence-electron chi connectivity index (χ1n) is 10.1. The van der Waals surface area contributed by atoms with Crippen LogP contribution in [0.1, 0.15) is 29.2 Å². The molecule has 0 atom stereocenters. The van der Waals surface area contributed by atoms with Crippen LogP contribution in [0.2, 0.25) is 0 Å². The molecule has 31 heavy (non-hydrogen) atoms. The van der Waals surface area contributed by atoms with Crippen molar-refractivity contribution in [2.45, 2.75) is 24.5 Å². The van der Waals surface area contributed by atoms with Gasteiger partial charge in [-0.25, -0.2) is 0 Å². The van der Waals surface area contributed by atoms with Gasteiger partial charge in [0.2, 0.25) is 5.91 Å². The molecule has 0 fully saturated rings. The number of aromatic nitrogens is 2. The Bertz CT molecular complexity index is 1070. The van der Waals surface area contributed by atoms with Gasteiger partial charge in [0.15, 0.2) is 0 Å². The van der Waals surface area contributed by atoms with Gasteiger partial charge in [0, 0.05) is 12.5 Å². The molecule has 0 bridgehead atoms. The molecule has 0 unspecified atom stereocenters. The van der Waals surface area contributed by atoms with Crippen molar-refractivity contribution in [3.05, 3.63) is 89.9 Å². The van der Waals surface area contributed by atoms with E-state index in [1.165, 1.54) is 22.9 Å². The molecule has 158 valence electrons. The summed E-state index contributed by atoms with van der Waals surface area (Å²) in [5.41, 5.74) is 3.24. The highest BCUT2D eigenvalue weighted by Crippen LogP contribution is 2.28. The van der Waals surface area contributed by atoms with Crippen molar-refractivity contribution in [3.63, 3.8) is 0 Å². The van der Waals surface area contributed by atoms with Crippen molar-refractivity contribution in [2.75, 3.05) is 12.3 Å². The number of nitrogens with zero attached hydrogens (tertiary/aromatic N) is 2. The summed E-state index contributed by atoms with van der Waals surface area (Å²) in [6.45, 7) is 2.41. The zero-order valence-corrected chi connectivity index (χ0v) is 18.0. The van der Waals surface area contributed by atoms with Crippen LogP contribution in [0, 0.1) is 6.92 Å². The maximum atomic E-state index is 12.3. The minimum Gasteiger partial charge on any atom is -0.469 e. The van der Waals surface area contributed by atoms with E-state index in [2.05, 4.69) is 39.8 Å². The summed E-state index contributed by atoms with van der Waals surface area (Å²) in [5, 5.41) is 11.4. The zero-order chi connectivity index (χ0) is 21.5. The van der Waals surface area contributed by atoms with Gasteiger partial charge in [-0.05, 0) is 30.5 Å². The SMILES string of the molecule is Cc1occc1-c1nnc(SCC(=O)NCCC(c2ccccc2)c2ccccc2)o1. The van der Waals surface area contributed by atoms with Crippen LogP contribution in [0.4, 0.5) is 0 Å². The van der Waals surface area contributed by atoms with Crippen LogP contribution in [0.5, 0.6) is 0 Å². The van der Waals surface area contributed by atoms with Gasteiger partial charge in [-0.2, -0.15) is 0 Å². The van der Waals surface area contributed by atoms with Gasteiger partial charge < -0.3 is 14.2 Å². The molecule has 0 saturated carbocycles. The summed E-state index contributed by atoms with van der Waals surface area (Å²) in [6.07, 6.45) is 2.39.